The molecule has 0 aliphatic rings. The van der Waals surface area contributed by atoms with Crippen molar-refractivity contribution in [2.75, 3.05) is 0 Å². The van der Waals surface area contributed by atoms with Crippen LogP contribution in [0, 0.1) is 0 Å². The van der Waals surface area contributed by atoms with Gasteiger partial charge in [0.1, 0.15) is 5.78 Å². The Labute approximate surface area is 141 Å². The molecule has 0 unspecified atom stereocenters. The van der Waals surface area contributed by atoms with E-state index < -0.39 is 5.97 Å². The number of rotatable bonds is 15. The van der Waals surface area contributed by atoms with Crippen LogP contribution >= 0.6 is 0 Å². The van der Waals surface area contributed by atoms with E-state index >= 15 is 0 Å². The Morgan fingerprint density at radius 1 is 0.739 bits per heavy atom. The fourth-order valence-electron chi connectivity index (χ4n) is 2.09. The molecule has 0 radical (unpaired) electrons. The number of carbonyl (C=O) groups is 2. The van der Waals surface area contributed by atoms with E-state index in [1.165, 1.54) is 0 Å². The number of carboxylic acid groups (broad SMARTS) is 1. The monoisotopic (exact) mass is 320 g/mol. The molecule has 23 heavy (non-hydrogen) atoms. The van der Waals surface area contributed by atoms with E-state index in [1.807, 2.05) is 6.08 Å². The Hall–Kier alpha value is -1.64. The average Bonchev–Trinajstić information content (AvgIpc) is 2.51. The Balaban J connectivity index is 3.46. The van der Waals surface area contributed by atoms with Crippen molar-refractivity contribution in [3.8, 4) is 0 Å². The van der Waals surface area contributed by atoms with Crippen LogP contribution in [-0.2, 0) is 9.59 Å². The van der Waals surface area contributed by atoms with Gasteiger partial charge in [-0.1, -0.05) is 56.2 Å². The van der Waals surface area contributed by atoms with Gasteiger partial charge in [0.15, 0.2) is 0 Å². The van der Waals surface area contributed by atoms with E-state index in [-0.39, 0.29) is 6.42 Å². The zero-order valence-corrected chi connectivity index (χ0v) is 14.5. The number of carboxylic acids is 1. The van der Waals surface area contributed by atoms with Crippen LogP contribution in [0.5, 0.6) is 0 Å². The van der Waals surface area contributed by atoms with Gasteiger partial charge in [-0.25, -0.2) is 0 Å². The highest BCUT2D eigenvalue weighted by Crippen LogP contribution is 2.04. The fourth-order valence-corrected chi connectivity index (χ4v) is 2.09. The summed E-state index contributed by atoms with van der Waals surface area (Å²) in [7, 11) is 0. The summed E-state index contributed by atoms with van der Waals surface area (Å²) < 4.78 is 0. The normalized spacial score (nSPS) is 11.9. The van der Waals surface area contributed by atoms with Crippen LogP contribution in [0.4, 0.5) is 0 Å². The van der Waals surface area contributed by atoms with Gasteiger partial charge in [0, 0.05) is 19.3 Å². The topological polar surface area (TPSA) is 54.4 Å². The minimum atomic E-state index is -0.729. The molecule has 0 aliphatic carbocycles. The van der Waals surface area contributed by atoms with Crippen molar-refractivity contribution in [1.82, 2.24) is 0 Å². The van der Waals surface area contributed by atoms with Crippen LogP contribution in [0.3, 0.4) is 0 Å². The van der Waals surface area contributed by atoms with Crippen molar-refractivity contribution in [2.45, 2.75) is 77.6 Å². The molecule has 0 saturated carbocycles. The summed E-state index contributed by atoms with van der Waals surface area (Å²) in [6.07, 6.45) is 21.7. The number of hydrogen-bond donors (Lipinski definition) is 1. The van der Waals surface area contributed by atoms with Crippen molar-refractivity contribution in [1.29, 1.82) is 0 Å². The fraction of sp³-hybridized carbons (Fsp3) is 0.600. The van der Waals surface area contributed by atoms with E-state index in [0.717, 1.165) is 51.4 Å². The summed E-state index contributed by atoms with van der Waals surface area (Å²) in [6.45, 7) is 2.15. The molecule has 0 heterocycles. The predicted molar refractivity (Wildman–Crippen MR) is 96.5 cm³/mol. The lowest BCUT2D eigenvalue weighted by molar-refractivity contribution is -0.137. The maximum Gasteiger partial charge on any atom is 0.303 e. The molecule has 0 aromatic carbocycles. The quantitative estimate of drug-likeness (QED) is 0.315. The van der Waals surface area contributed by atoms with Crippen LogP contribution in [0.15, 0.2) is 36.5 Å². The molecule has 0 rings (SSSR count). The second kappa shape index (κ2) is 16.7. The van der Waals surface area contributed by atoms with E-state index in [0.29, 0.717) is 18.6 Å². The molecule has 0 spiro atoms. The minimum Gasteiger partial charge on any atom is -0.481 e. The van der Waals surface area contributed by atoms with Gasteiger partial charge in [0.25, 0.3) is 0 Å². The number of aliphatic carboxylic acids is 1. The van der Waals surface area contributed by atoms with E-state index in [2.05, 4.69) is 37.3 Å². The van der Waals surface area contributed by atoms with Gasteiger partial charge in [0.2, 0.25) is 0 Å². The lowest BCUT2D eigenvalue weighted by Crippen LogP contribution is -1.96. The van der Waals surface area contributed by atoms with Crippen molar-refractivity contribution in [3.63, 3.8) is 0 Å². The van der Waals surface area contributed by atoms with Gasteiger partial charge < -0.3 is 5.11 Å². The first-order valence-electron chi connectivity index (χ1n) is 8.85. The SMILES string of the molecule is CCCCCC(=O)CCC=CCC=CCC=CCCCC(=O)O. The van der Waals surface area contributed by atoms with Gasteiger partial charge >= 0.3 is 5.97 Å². The molecule has 1 N–H and O–H groups in total. The van der Waals surface area contributed by atoms with Crippen LogP contribution in [0.2, 0.25) is 0 Å². The molecular formula is C20H32O3. The number of carbonyl (C=O) groups excluding carboxylic acids is 1. The van der Waals surface area contributed by atoms with Crippen LogP contribution in [0.1, 0.15) is 77.6 Å². The van der Waals surface area contributed by atoms with Gasteiger partial charge in [-0.2, -0.15) is 0 Å². The standard InChI is InChI=1S/C20H32O3/c1-2-3-13-16-19(21)17-14-11-9-7-5-4-6-8-10-12-15-18-20(22)23/h4-5,8-11H,2-3,6-7,12-18H2,1H3,(H,22,23). The lowest BCUT2D eigenvalue weighted by atomic mass is 10.1. The summed E-state index contributed by atoms with van der Waals surface area (Å²) in [4.78, 5) is 21.9. The van der Waals surface area contributed by atoms with Gasteiger partial charge in [-0.05, 0) is 38.5 Å². The van der Waals surface area contributed by atoms with Crippen molar-refractivity contribution in [3.05, 3.63) is 36.5 Å². The zero-order valence-electron chi connectivity index (χ0n) is 14.5. The first-order valence-corrected chi connectivity index (χ1v) is 8.85. The smallest absolute Gasteiger partial charge is 0.303 e. The second-order valence-corrected chi connectivity index (χ2v) is 5.71. The molecule has 0 aromatic heterocycles. The number of hydrogen-bond acceptors (Lipinski definition) is 2. The van der Waals surface area contributed by atoms with Gasteiger partial charge in [-0.15, -0.1) is 0 Å². The highest BCUT2D eigenvalue weighted by Gasteiger charge is 1.99. The second-order valence-electron chi connectivity index (χ2n) is 5.71. The number of unbranched alkanes of at least 4 members (excludes halogenated alkanes) is 3. The first kappa shape index (κ1) is 21.4. The summed E-state index contributed by atoms with van der Waals surface area (Å²) in [5, 5.41) is 8.49. The van der Waals surface area contributed by atoms with Crippen LogP contribution in [-0.4, -0.2) is 16.9 Å². The Bertz CT molecular complexity index is 392. The van der Waals surface area contributed by atoms with Crippen molar-refractivity contribution < 1.29 is 14.7 Å². The number of ketones is 1. The summed E-state index contributed by atoms with van der Waals surface area (Å²) >= 11 is 0. The van der Waals surface area contributed by atoms with E-state index in [1.54, 1.807) is 0 Å². The first-order chi connectivity index (χ1) is 11.2. The third-order valence-electron chi connectivity index (χ3n) is 3.45. The molecule has 0 fully saturated rings. The summed E-state index contributed by atoms with van der Waals surface area (Å²) in [5.41, 5.74) is 0. The Morgan fingerprint density at radius 2 is 1.35 bits per heavy atom. The van der Waals surface area contributed by atoms with Gasteiger partial charge in [-0.3, -0.25) is 9.59 Å². The van der Waals surface area contributed by atoms with E-state index in [9.17, 15) is 9.59 Å². The Morgan fingerprint density at radius 3 is 1.96 bits per heavy atom. The van der Waals surface area contributed by atoms with Gasteiger partial charge in [0.05, 0.1) is 0 Å². The average molecular weight is 320 g/mol. The minimum absolute atomic E-state index is 0.242. The largest absolute Gasteiger partial charge is 0.481 e. The zero-order chi connectivity index (χ0) is 17.2. The number of Topliss-reactive ketones (excluding diaryl/α,β-unsaturated/α-hetero) is 1. The highest BCUT2D eigenvalue weighted by molar-refractivity contribution is 5.78. The maximum absolute atomic E-state index is 11.5. The summed E-state index contributed by atoms with van der Waals surface area (Å²) in [6, 6.07) is 0. The molecule has 0 aromatic rings. The van der Waals surface area contributed by atoms with Crippen LogP contribution < -0.4 is 0 Å². The molecule has 0 aliphatic heterocycles. The molecule has 130 valence electrons. The molecule has 3 heteroatoms. The van der Waals surface area contributed by atoms with Crippen LogP contribution in [0.25, 0.3) is 0 Å². The molecular weight excluding hydrogens is 288 g/mol. The third-order valence-corrected chi connectivity index (χ3v) is 3.45. The third kappa shape index (κ3) is 18.3. The number of allylic oxidation sites excluding steroid dienone is 6. The summed E-state index contributed by atoms with van der Waals surface area (Å²) in [5.74, 6) is -0.348. The van der Waals surface area contributed by atoms with Crippen molar-refractivity contribution in [2.24, 2.45) is 0 Å². The van der Waals surface area contributed by atoms with E-state index in [4.69, 9.17) is 5.11 Å². The maximum atomic E-state index is 11.5. The highest BCUT2D eigenvalue weighted by atomic mass is 16.4. The molecule has 3 nitrogen and oxygen atoms in total. The molecule has 0 atom stereocenters. The molecule has 0 amide bonds. The van der Waals surface area contributed by atoms with Crippen molar-refractivity contribution >= 4 is 11.8 Å². The predicted octanol–water partition coefficient (Wildman–Crippen LogP) is 5.62. The lowest BCUT2D eigenvalue weighted by Gasteiger charge is -1.97. The molecule has 0 bridgehead atoms. The molecule has 0 saturated heterocycles. The Kier molecular flexibility index (Phi) is 15.5.